The van der Waals surface area contributed by atoms with Gasteiger partial charge < -0.3 is 19.3 Å². The van der Waals surface area contributed by atoms with Crippen LogP contribution in [0, 0.1) is 24.7 Å². The molecule has 2 unspecified atom stereocenters. The Bertz CT molecular complexity index is 2150. The second-order valence-corrected chi connectivity index (χ2v) is 17.4. The zero-order valence-electron chi connectivity index (χ0n) is 31.7. The standard InChI is InChI=1S/C46H44N2O6/c1-25-7-15-29(16-8-25)47-31-19-45(3,4)21-35(49)39(31)37(41-33(47)23-53-43(41)51)27-11-13-28(14-12-27)38-40-32(20-46(5,6)22-36(40)50)48(30-17-9-26(2)10-18-30)34-24-54-44(52)42(34)38/h7-18,37-38H,19-24H2,1-6H3. The van der Waals surface area contributed by atoms with E-state index < -0.39 is 23.8 Å². The molecule has 3 aromatic carbocycles. The molecule has 274 valence electrons. The Morgan fingerprint density at radius 3 is 1.19 bits per heavy atom. The number of ketones is 2. The number of carbonyl (C=O) groups is 4. The number of carbonyl (C=O) groups excluding carboxylic acids is 4. The number of benzene rings is 3. The Balaban J connectivity index is 1.19. The quantitative estimate of drug-likeness (QED) is 0.248. The molecule has 3 aromatic rings. The molecule has 2 atom stereocenters. The number of rotatable bonds is 4. The first-order chi connectivity index (χ1) is 25.7. The Labute approximate surface area is 315 Å². The molecule has 0 spiro atoms. The number of nitrogens with zero attached hydrogens (tertiary/aromatic N) is 2. The first-order valence-electron chi connectivity index (χ1n) is 18.9. The molecule has 0 radical (unpaired) electrons. The maximum absolute atomic E-state index is 14.3. The lowest BCUT2D eigenvalue weighted by Gasteiger charge is -2.44. The van der Waals surface area contributed by atoms with E-state index in [1.165, 1.54) is 0 Å². The predicted molar refractivity (Wildman–Crippen MR) is 205 cm³/mol. The van der Waals surface area contributed by atoms with Crippen molar-refractivity contribution in [2.24, 2.45) is 10.8 Å². The van der Waals surface area contributed by atoms with Crippen LogP contribution in [0.25, 0.3) is 0 Å². The van der Waals surface area contributed by atoms with Gasteiger partial charge in [-0.25, -0.2) is 9.59 Å². The van der Waals surface area contributed by atoms with Crippen LogP contribution in [0.15, 0.2) is 118 Å². The van der Waals surface area contributed by atoms with Crippen molar-refractivity contribution in [3.8, 4) is 0 Å². The van der Waals surface area contributed by atoms with Gasteiger partial charge in [-0.2, -0.15) is 0 Å². The van der Waals surface area contributed by atoms with Gasteiger partial charge in [-0.15, -0.1) is 0 Å². The van der Waals surface area contributed by atoms with E-state index in [0.717, 1.165) is 56.4 Å². The molecule has 0 aromatic heterocycles. The molecule has 9 rings (SSSR count). The van der Waals surface area contributed by atoms with Gasteiger partial charge >= 0.3 is 11.9 Å². The molecule has 0 fully saturated rings. The van der Waals surface area contributed by atoms with Crippen molar-refractivity contribution in [2.75, 3.05) is 23.0 Å². The lowest BCUT2D eigenvalue weighted by Crippen LogP contribution is -2.40. The van der Waals surface area contributed by atoms with Crippen LogP contribution in [0.1, 0.15) is 87.5 Å². The Hall–Kier alpha value is -5.50. The highest BCUT2D eigenvalue weighted by atomic mass is 16.5. The maximum atomic E-state index is 14.3. The minimum Gasteiger partial charge on any atom is -0.456 e. The van der Waals surface area contributed by atoms with E-state index >= 15 is 0 Å². The summed E-state index contributed by atoms with van der Waals surface area (Å²) in [6, 6.07) is 24.1. The van der Waals surface area contributed by atoms with E-state index in [4.69, 9.17) is 9.47 Å². The van der Waals surface area contributed by atoms with Crippen molar-refractivity contribution in [3.63, 3.8) is 0 Å². The molecule has 2 aliphatic carbocycles. The van der Waals surface area contributed by atoms with Crippen LogP contribution in [-0.2, 0) is 28.7 Å². The summed E-state index contributed by atoms with van der Waals surface area (Å²) in [6.45, 7) is 12.8. The molecular formula is C46H44N2O6. The summed E-state index contributed by atoms with van der Waals surface area (Å²) < 4.78 is 11.5. The first kappa shape index (κ1) is 34.3. The third-order valence-corrected chi connectivity index (χ3v) is 12.0. The number of cyclic esters (lactones) is 2. The van der Waals surface area contributed by atoms with Crippen molar-refractivity contribution >= 4 is 34.9 Å². The third kappa shape index (κ3) is 5.32. The zero-order chi connectivity index (χ0) is 37.8. The van der Waals surface area contributed by atoms with Crippen molar-refractivity contribution in [1.29, 1.82) is 0 Å². The average molecular weight is 721 g/mol. The summed E-state index contributed by atoms with van der Waals surface area (Å²) in [4.78, 5) is 60.1. The van der Waals surface area contributed by atoms with E-state index in [0.29, 0.717) is 48.0 Å². The molecule has 54 heavy (non-hydrogen) atoms. The SMILES string of the molecule is Cc1ccc(N2C3=C(C(=O)CC(C)(C)C3)C(c3ccc(C4C5=C(CC(C)(C)CC5=O)N(c5ccc(C)cc5)C5=C4C(=O)OC5)cc3)C3=C2COC3=O)cc1. The van der Waals surface area contributed by atoms with Gasteiger partial charge in [-0.1, -0.05) is 87.4 Å². The lowest BCUT2D eigenvalue weighted by atomic mass is 9.67. The predicted octanol–water partition coefficient (Wildman–Crippen LogP) is 8.42. The minimum absolute atomic E-state index is 0.0240. The molecule has 0 saturated heterocycles. The molecule has 0 N–H and O–H groups in total. The smallest absolute Gasteiger partial charge is 0.337 e. The van der Waals surface area contributed by atoms with E-state index in [1.807, 2.05) is 86.6 Å². The number of aryl methyl sites for hydroxylation is 2. The van der Waals surface area contributed by atoms with Crippen LogP contribution in [-0.4, -0.2) is 36.7 Å². The fraction of sp³-hybridized carbons (Fsp3) is 0.348. The van der Waals surface area contributed by atoms with Gasteiger partial charge in [0.2, 0.25) is 0 Å². The second-order valence-electron chi connectivity index (χ2n) is 17.4. The molecule has 8 nitrogen and oxygen atoms in total. The zero-order valence-corrected chi connectivity index (χ0v) is 31.7. The summed E-state index contributed by atoms with van der Waals surface area (Å²) in [5, 5.41) is 0. The number of anilines is 2. The summed E-state index contributed by atoms with van der Waals surface area (Å²) in [6.07, 6.45) is 2.06. The fourth-order valence-corrected chi connectivity index (χ4v) is 9.58. The number of Topliss-reactive ketones (excluding diaryl/α,β-unsaturated/α-hetero) is 2. The van der Waals surface area contributed by atoms with Crippen molar-refractivity contribution in [3.05, 3.63) is 140 Å². The van der Waals surface area contributed by atoms with Crippen molar-refractivity contribution in [1.82, 2.24) is 0 Å². The summed E-state index contributed by atoms with van der Waals surface area (Å²) in [5.41, 5.74) is 10.6. The number of ether oxygens (including phenoxy) is 2. The molecule has 4 heterocycles. The number of esters is 2. The second kappa shape index (κ2) is 12.0. The number of allylic oxidation sites excluding steroid dienone is 4. The van der Waals surface area contributed by atoms with Crippen LogP contribution in [0.3, 0.4) is 0 Å². The number of hydrogen-bond acceptors (Lipinski definition) is 8. The van der Waals surface area contributed by atoms with Crippen LogP contribution in [0.4, 0.5) is 11.4 Å². The van der Waals surface area contributed by atoms with Gasteiger partial charge in [0.1, 0.15) is 13.2 Å². The van der Waals surface area contributed by atoms with Crippen molar-refractivity contribution in [2.45, 2.75) is 79.1 Å². The van der Waals surface area contributed by atoms with Crippen LogP contribution >= 0.6 is 0 Å². The monoisotopic (exact) mass is 720 g/mol. The van der Waals surface area contributed by atoms with Gasteiger partial charge in [-0.05, 0) is 72.9 Å². The average Bonchev–Trinajstić information content (AvgIpc) is 3.68. The molecule has 0 saturated carbocycles. The van der Waals surface area contributed by atoms with Crippen LogP contribution in [0.5, 0.6) is 0 Å². The lowest BCUT2D eigenvalue weighted by molar-refractivity contribution is -0.137. The Morgan fingerprint density at radius 2 is 0.833 bits per heavy atom. The van der Waals surface area contributed by atoms with Crippen molar-refractivity contribution < 1.29 is 28.7 Å². The van der Waals surface area contributed by atoms with Gasteiger partial charge in [0.25, 0.3) is 0 Å². The van der Waals surface area contributed by atoms with Crippen LogP contribution in [0.2, 0.25) is 0 Å². The molecule has 0 amide bonds. The van der Waals surface area contributed by atoms with E-state index in [1.54, 1.807) is 0 Å². The number of hydrogen-bond donors (Lipinski definition) is 0. The van der Waals surface area contributed by atoms with Crippen LogP contribution < -0.4 is 9.80 Å². The van der Waals surface area contributed by atoms with Gasteiger partial charge in [0.15, 0.2) is 11.6 Å². The largest absolute Gasteiger partial charge is 0.456 e. The van der Waals surface area contributed by atoms with E-state index in [9.17, 15) is 19.2 Å². The molecule has 0 bridgehead atoms. The van der Waals surface area contributed by atoms with Gasteiger partial charge in [0, 0.05) is 58.6 Å². The Kier molecular flexibility index (Phi) is 7.62. The van der Waals surface area contributed by atoms with E-state index in [2.05, 4.69) is 37.5 Å². The fourth-order valence-electron chi connectivity index (χ4n) is 9.58. The third-order valence-electron chi connectivity index (χ3n) is 12.0. The highest BCUT2D eigenvalue weighted by Crippen LogP contribution is 2.55. The maximum Gasteiger partial charge on any atom is 0.337 e. The summed E-state index contributed by atoms with van der Waals surface area (Å²) in [7, 11) is 0. The normalized spacial score (nSPS) is 24.4. The highest BCUT2D eigenvalue weighted by molar-refractivity contribution is 6.08. The van der Waals surface area contributed by atoms with E-state index in [-0.39, 0.29) is 35.6 Å². The highest BCUT2D eigenvalue weighted by Gasteiger charge is 2.51. The summed E-state index contributed by atoms with van der Waals surface area (Å²) >= 11 is 0. The molecule has 6 aliphatic rings. The van der Waals surface area contributed by atoms with Gasteiger partial charge in [-0.3, -0.25) is 9.59 Å². The first-order valence-corrected chi connectivity index (χ1v) is 18.9. The topological polar surface area (TPSA) is 93.2 Å². The molecule has 4 aliphatic heterocycles. The molecule has 8 heteroatoms. The Morgan fingerprint density at radius 1 is 0.481 bits per heavy atom. The van der Waals surface area contributed by atoms with Gasteiger partial charge in [0.05, 0.1) is 22.5 Å². The summed E-state index contributed by atoms with van der Waals surface area (Å²) in [5.74, 6) is -2.00. The molecular weight excluding hydrogens is 677 g/mol. The minimum atomic E-state index is -0.606.